The number of carbonyl (C=O) groups is 2. The molecule has 0 atom stereocenters. The fourth-order valence-electron chi connectivity index (χ4n) is 2.97. The van der Waals surface area contributed by atoms with Gasteiger partial charge in [0.25, 0.3) is 5.91 Å². The van der Waals surface area contributed by atoms with Crippen LogP contribution in [0.3, 0.4) is 0 Å². The summed E-state index contributed by atoms with van der Waals surface area (Å²) in [6.07, 6.45) is 5.53. The van der Waals surface area contributed by atoms with E-state index in [1.54, 1.807) is 6.07 Å². The first-order valence-corrected chi connectivity index (χ1v) is 8.53. The summed E-state index contributed by atoms with van der Waals surface area (Å²) in [6, 6.07) is 12.0. The molecule has 0 radical (unpaired) electrons. The third kappa shape index (κ3) is 4.77. The lowest BCUT2D eigenvalue weighted by Crippen LogP contribution is -2.48. The Morgan fingerprint density at radius 3 is 2.50 bits per heavy atom. The lowest BCUT2D eigenvalue weighted by atomic mass is 10.1. The lowest BCUT2D eigenvalue weighted by Gasteiger charge is -2.34. The van der Waals surface area contributed by atoms with Gasteiger partial charge in [0.15, 0.2) is 0 Å². The molecule has 1 aromatic heterocycles. The van der Waals surface area contributed by atoms with Crippen LogP contribution in [0.4, 0.5) is 0 Å². The van der Waals surface area contributed by atoms with Crippen molar-refractivity contribution in [3.8, 4) is 0 Å². The van der Waals surface area contributed by atoms with Crippen molar-refractivity contribution in [2.45, 2.75) is 6.54 Å². The van der Waals surface area contributed by atoms with E-state index in [9.17, 15) is 9.59 Å². The number of aromatic nitrogens is 1. The summed E-state index contributed by atoms with van der Waals surface area (Å²) >= 11 is 0. The molecule has 26 heavy (non-hydrogen) atoms. The summed E-state index contributed by atoms with van der Waals surface area (Å²) in [7, 11) is 0. The lowest BCUT2D eigenvalue weighted by molar-refractivity contribution is -0.131. The Balaban J connectivity index is 1.58. The summed E-state index contributed by atoms with van der Waals surface area (Å²) in [5.74, 6) is -1.10. The van der Waals surface area contributed by atoms with Gasteiger partial charge in [0, 0.05) is 51.2 Å². The minimum atomic E-state index is -1.03. The Morgan fingerprint density at radius 1 is 1.08 bits per heavy atom. The first-order valence-electron chi connectivity index (χ1n) is 8.53. The zero-order valence-corrected chi connectivity index (χ0v) is 14.4. The largest absolute Gasteiger partial charge is 0.478 e. The molecule has 2 heterocycles. The Bertz CT molecular complexity index is 797. The predicted molar refractivity (Wildman–Crippen MR) is 98.5 cm³/mol. The summed E-state index contributed by atoms with van der Waals surface area (Å²) in [6.45, 7) is 3.88. The number of aliphatic carboxylic acids is 1. The van der Waals surface area contributed by atoms with E-state index in [0.29, 0.717) is 24.2 Å². The molecule has 0 spiro atoms. The number of carboxylic acid groups (broad SMARTS) is 1. The van der Waals surface area contributed by atoms with Crippen LogP contribution in [0.15, 0.2) is 54.9 Å². The van der Waals surface area contributed by atoms with Crippen LogP contribution >= 0.6 is 0 Å². The van der Waals surface area contributed by atoms with E-state index in [-0.39, 0.29) is 5.91 Å². The first kappa shape index (κ1) is 17.8. The third-order valence-electron chi connectivity index (χ3n) is 4.33. The second kappa shape index (κ2) is 8.40. The maximum absolute atomic E-state index is 12.7. The molecule has 6 heteroatoms. The molecule has 1 amide bonds. The first-order chi connectivity index (χ1) is 12.6. The summed E-state index contributed by atoms with van der Waals surface area (Å²) in [4.78, 5) is 31.5. The monoisotopic (exact) mass is 351 g/mol. The highest BCUT2D eigenvalue weighted by Crippen LogP contribution is 2.13. The average Bonchev–Trinajstić information content (AvgIpc) is 2.67. The van der Waals surface area contributed by atoms with Crippen molar-refractivity contribution in [3.05, 3.63) is 71.6 Å². The van der Waals surface area contributed by atoms with Gasteiger partial charge in [0.2, 0.25) is 0 Å². The van der Waals surface area contributed by atoms with Crippen LogP contribution in [0.2, 0.25) is 0 Å². The van der Waals surface area contributed by atoms with Crippen molar-refractivity contribution in [1.29, 1.82) is 0 Å². The van der Waals surface area contributed by atoms with Crippen molar-refractivity contribution in [1.82, 2.24) is 14.8 Å². The number of piperazine rings is 1. The second-order valence-corrected chi connectivity index (χ2v) is 6.23. The van der Waals surface area contributed by atoms with E-state index in [2.05, 4.69) is 22.0 Å². The molecule has 2 aromatic rings. The van der Waals surface area contributed by atoms with Gasteiger partial charge in [-0.25, -0.2) is 4.79 Å². The van der Waals surface area contributed by atoms with Crippen LogP contribution < -0.4 is 0 Å². The minimum absolute atomic E-state index is 0.0672. The van der Waals surface area contributed by atoms with Crippen LogP contribution in [0.5, 0.6) is 0 Å². The smallest absolute Gasteiger partial charge is 0.328 e. The molecule has 0 saturated carbocycles. The molecule has 0 bridgehead atoms. The van der Waals surface area contributed by atoms with Gasteiger partial charge in [-0.3, -0.25) is 14.7 Å². The highest BCUT2D eigenvalue weighted by atomic mass is 16.4. The zero-order valence-electron chi connectivity index (χ0n) is 14.4. The molecule has 6 nitrogen and oxygen atoms in total. The van der Waals surface area contributed by atoms with Crippen LogP contribution in [-0.2, 0) is 11.3 Å². The molecule has 1 aliphatic rings. The van der Waals surface area contributed by atoms with Crippen molar-refractivity contribution in [2.24, 2.45) is 0 Å². The van der Waals surface area contributed by atoms with Crippen molar-refractivity contribution in [3.63, 3.8) is 0 Å². The van der Waals surface area contributed by atoms with Crippen molar-refractivity contribution >= 4 is 18.0 Å². The van der Waals surface area contributed by atoms with Gasteiger partial charge in [-0.15, -0.1) is 0 Å². The van der Waals surface area contributed by atoms with Gasteiger partial charge >= 0.3 is 5.97 Å². The molecule has 1 saturated heterocycles. The summed E-state index contributed by atoms with van der Waals surface area (Å²) in [5.41, 5.74) is 2.35. The number of nitrogens with zero attached hydrogens (tertiary/aromatic N) is 3. The second-order valence-electron chi connectivity index (χ2n) is 6.23. The fourth-order valence-corrected chi connectivity index (χ4v) is 2.97. The number of benzene rings is 1. The number of rotatable bonds is 5. The highest BCUT2D eigenvalue weighted by Gasteiger charge is 2.22. The summed E-state index contributed by atoms with van der Waals surface area (Å²) < 4.78 is 0. The van der Waals surface area contributed by atoms with E-state index in [1.807, 2.05) is 23.1 Å². The molecule has 1 aromatic carbocycles. The molecular weight excluding hydrogens is 330 g/mol. The van der Waals surface area contributed by atoms with E-state index >= 15 is 0 Å². The van der Waals surface area contributed by atoms with Crippen molar-refractivity contribution in [2.75, 3.05) is 26.2 Å². The van der Waals surface area contributed by atoms with Gasteiger partial charge < -0.3 is 10.0 Å². The van der Waals surface area contributed by atoms with E-state index in [1.165, 1.54) is 24.0 Å². The topological polar surface area (TPSA) is 73.7 Å². The maximum atomic E-state index is 12.7. The molecule has 0 unspecified atom stereocenters. The van der Waals surface area contributed by atoms with Crippen LogP contribution in [0.25, 0.3) is 6.08 Å². The van der Waals surface area contributed by atoms with Crippen LogP contribution in [-0.4, -0.2) is 57.9 Å². The molecule has 1 aliphatic heterocycles. The molecule has 1 N–H and O–H groups in total. The number of hydrogen-bond acceptors (Lipinski definition) is 4. The van der Waals surface area contributed by atoms with Gasteiger partial charge in [-0.05, 0) is 23.3 Å². The van der Waals surface area contributed by atoms with Gasteiger partial charge in [-0.1, -0.05) is 30.3 Å². The SMILES string of the molecule is O=C(O)/C=C/c1cncc(C(=O)N2CCN(Cc3ccccc3)CC2)c1. The Labute approximate surface area is 152 Å². The predicted octanol–water partition coefficient (Wildman–Crippen LogP) is 2.14. The quantitative estimate of drug-likeness (QED) is 0.836. The van der Waals surface area contributed by atoms with Crippen LogP contribution in [0, 0.1) is 0 Å². The molecule has 134 valence electrons. The average molecular weight is 351 g/mol. The number of carbonyl (C=O) groups excluding carboxylic acids is 1. The number of pyridine rings is 1. The van der Waals surface area contributed by atoms with Gasteiger partial charge in [0.05, 0.1) is 5.56 Å². The highest BCUT2D eigenvalue weighted by molar-refractivity contribution is 5.95. The summed E-state index contributed by atoms with van der Waals surface area (Å²) in [5, 5.41) is 8.70. The standard InChI is InChI=1S/C20H21N3O3/c24-19(25)7-6-17-12-18(14-21-13-17)20(26)23-10-8-22(9-11-23)15-16-4-2-1-3-5-16/h1-7,12-14H,8-11,15H2,(H,24,25)/b7-6+. The maximum Gasteiger partial charge on any atom is 0.328 e. The molecular formula is C20H21N3O3. The Morgan fingerprint density at radius 2 is 1.81 bits per heavy atom. The van der Waals surface area contributed by atoms with E-state index in [0.717, 1.165) is 25.7 Å². The fraction of sp³-hybridized carbons (Fsp3) is 0.250. The van der Waals surface area contributed by atoms with Gasteiger partial charge in [0.1, 0.15) is 0 Å². The normalized spacial score (nSPS) is 15.3. The Hall–Kier alpha value is -2.99. The molecule has 3 rings (SSSR count). The third-order valence-corrected chi connectivity index (χ3v) is 4.33. The van der Waals surface area contributed by atoms with Gasteiger partial charge in [-0.2, -0.15) is 0 Å². The number of carboxylic acids is 1. The van der Waals surface area contributed by atoms with E-state index < -0.39 is 5.97 Å². The molecule has 1 fully saturated rings. The number of amides is 1. The number of hydrogen-bond donors (Lipinski definition) is 1. The minimum Gasteiger partial charge on any atom is -0.478 e. The van der Waals surface area contributed by atoms with Crippen molar-refractivity contribution < 1.29 is 14.7 Å². The zero-order chi connectivity index (χ0) is 18.4. The molecule has 0 aliphatic carbocycles. The Kier molecular flexibility index (Phi) is 5.76. The van der Waals surface area contributed by atoms with Crippen LogP contribution in [0.1, 0.15) is 21.5 Å². The van der Waals surface area contributed by atoms with E-state index in [4.69, 9.17) is 5.11 Å².